The van der Waals surface area contributed by atoms with Gasteiger partial charge in [0.15, 0.2) is 0 Å². The molecule has 9 nitrogen and oxygen atoms in total. The Balaban J connectivity index is 1.66. The van der Waals surface area contributed by atoms with Gasteiger partial charge in [-0.15, -0.1) is 0 Å². The van der Waals surface area contributed by atoms with Crippen LogP contribution in [0, 0.1) is 0 Å². The van der Waals surface area contributed by atoms with Crippen LogP contribution in [0.4, 0.5) is 0 Å². The van der Waals surface area contributed by atoms with Gasteiger partial charge in [-0.05, 0) is 37.4 Å². The number of nitrogens with zero attached hydrogens (tertiary/aromatic N) is 1. The van der Waals surface area contributed by atoms with E-state index < -0.39 is 29.7 Å². The number of nitrogens with one attached hydrogen (secondary N) is 2. The second-order valence-electron chi connectivity index (χ2n) is 7.52. The van der Waals surface area contributed by atoms with E-state index in [4.69, 9.17) is 5.73 Å². The molecule has 0 radical (unpaired) electrons. The topological polar surface area (TPSA) is 139 Å². The largest absolute Gasteiger partial charge is 0.352 e. The predicted octanol–water partition coefficient (Wildman–Crippen LogP) is 0.613. The zero-order chi connectivity index (χ0) is 21.7. The van der Waals surface area contributed by atoms with Crippen LogP contribution in [0.3, 0.4) is 0 Å². The molecular formula is C21H26N4O5. The molecule has 1 aromatic rings. The fourth-order valence-corrected chi connectivity index (χ4v) is 3.80. The Hall–Kier alpha value is -3.07. The van der Waals surface area contributed by atoms with E-state index in [1.54, 1.807) is 12.1 Å². The summed E-state index contributed by atoms with van der Waals surface area (Å²) in [7, 11) is 0. The van der Waals surface area contributed by atoms with Crippen molar-refractivity contribution in [3.8, 4) is 0 Å². The standard InChI is InChI=1S/C21H26N4O5/c22-11-4-2-1-3-8-16(26)23-12-13-6-5-7-14-18(13)21(30)25(20(14)29)15-9-10-17(27)24-19(15)28/h5-7,15H,1-4,8-12,22H2,(H,23,26)(H,24,27,28). The molecule has 0 spiro atoms. The van der Waals surface area contributed by atoms with Gasteiger partial charge in [0.05, 0.1) is 11.1 Å². The maximum absolute atomic E-state index is 13.0. The molecular weight excluding hydrogens is 388 g/mol. The Morgan fingerprint density at radius 2 is 1.87 bits per heavy atom. The molecule has 0 aliphatic carbocycles. The van der Waals surface area contributed by atoms with Crippen LogP contribution in [0.2, 0.25) is 0 Å². The minimum Gasteiger partial charge on any atom is -0.352 e. The molecule has 1 saturated heterocycles. The van der Waals surface area contributed by atoms with Crippen molar-refractivity contribution in [2.75, 3.05) is 6.54 Å². The van der Waals surface area contributed by atoms with Crippen LogP contribution in [-0.4, -0.2) is 47.0 Å². The Kier molecular flexibility index (Phi) is 6.94. The van der Waals surface area contributed by atoms with E-state index in [1.165, 1.54) is 6.07 Å². The quantitative estimate of drug-likeness (QED) is 0.400. The van der Waals surface area contributed by atoms with Gasteiger partial charge in [-0.1, -0.05) is 25.0 Å². The first-order chi connectivity index (χ1) is 14.4. The van der Waals surface area contributed by atoms with Crippen LogP contribution in [0.15, 0.2) is 18.2 Å². The van der Waals surface area contributed by atoms with Crippen molar-refractivity contribution in [1.29, 1.82) is 0 Å². The van der Waals surface area contributed by atoms with Crippen LogP contribution in [0.1, 0.15) is 71.2 Å². The number of carbonyl (C=O) groups excluding carboxylic acids is 5. The number of benzene rings is 1. The van der Waals surface area contributed by atoms with Gasteiger partial charge in [-0.2, -0.15) is 0 Å². The van der Waals surface area contributed by atoms with Crippen LogP contribution < -0.4 is 16.4 Å². The Morgan fingerprint density at radius 1 is 1.10 bits per heavy atom. The van der Waals surface area contributed by atoms with E-state index in [0.717, 1.165) is 30.6 Å². The predicted molar refractivity (Wildman–Crippen MR) is 107 cm³/mol. The molecule has 5 amide bonds. The van der Waals surface area contributed by atoms with Gasteiger partial charge in [0.25, 0.3) is 11.8 Å². The van der Waals surface area contributed by atoms with E-state index in [2.05, 4.69) is 10.6 Å². The van der Waals surface area contributed by atoms with Gasteiger partial charge in [0, 0.05) is 19.4 Å². The molecule has 0 saturated carbocycles. The third kappa shape index (κ3) is 4.56. The summed E-state index contributed by atoms with van der Waals surface area (Å²) >= 11 is 0. The molecule has 1 unspecified atom stereocenters. The number of imide groups is 2. The third-order valence-corrected chi connectivity index (χ3v) is 5.39. The Labute approximate surface area is 174 Å². The maximum atomic E-state index is 13.0. The number of amides is 5. The average Bonchev–Trinajstić information content (AvgIpc) is 2.97. The monoisotopic (exact) mass is 414 g/mol. The summed E-state index contributed by atoms with van der Waals surface area (Å²) in [4.78, 5) is 62.3. The molecule has 2 aliphatic heterocycles. The lowest BCUT2D eigenvalue weighted by Crippen LogP contribution is -2.54. The first-order valence-electron chi connectivity index (χ1n) is 10.2. The Bertz CT molecular complexity index is 882. The summed E-state index contributed by atoms with van der Waals surface area (Å²) in [5, 5.41) is 4.97. The van der Waals surface area contributed by atoms with Gasteiger partial charge < -0.3 is 11.1 Å². The normalized spacial score (nSPS) is 18.4. The zero-order valence-corrected chi connectivity index (χ0v) is 16.7. The number of rotatable bonds is 9. The summed E-state index contributed by atoms with van der Waals surface area (Å²) < 4.78 is 0. The number of piperidine rings is 1. The molecule has 4 N–H and O–H groups in total. The number of nitrogens with two attached hydrogens (primary N) is 1. The van der Waals surface area contributed by atoms with Crippen molar-refractivity contribution in [2.45, 2.75) is 57.5 Å². The lowest BCUT2D eigenvalue weighted by Gasteiger charge is -2.27. The smallest absolute Gasteiger partial charge is 0.262 e. The maximum Gasteiger partial charge on any atom is 0.262 e. The van der Waals surface area contributed by atoms with Crippen molar-refractivity contribution in [3.05, 3.63) is 34.9 Å². The number of carbonyl (C=O) groups is 5. The average molecular weight is 414 g/mol. The molecule has 160 valence electrons. The highest BCUT2D eigenvalue weighted by atomic mass is 16.2. The second kappa shape index (κ2) is 9.62. The molecule has 1 atom stereocenters. The van der Waals surface area contributed by atoms with Gasteiger partial charge in [-0.25, -0.2) is 0 Å². The highest BCUT2D eigenvalue weighted by molar-refractivity contribution is 6.24. The van der Waals surface area contributed by atoms with Crippen LogP contribution >= 0.6 is 0 Å². The fraction of sp³-hybridized carbons (Fsp3) is 0.476. The minimum atomic E-state index is -1.01. The zero-order valence-electron chi connectivity index (χ0n) is 16.7. The van der Waals surface area contributed by atoms with Gasteiger partial charge in [0.2, 0.25) is 17.7 Å². The molecule has 9 heteroatoms. The first kappa shape index (κ1) is 21.6. The highest BCUT2D eigenvalue weighted by Gasteiger charge is 2.45. The summed E-state index contributed by atoms with van der Waals surface area (Å²) in [5.74, 6) is -2.32. The van der Waals surface area contributed by atoms with E-state index in [1.807, 2.05) is 0 Å². The second-order valence-corrected chi connectivity index (χ2v) is 7.52. The van der Waals surface area contributed by atoms with Gasteiger partial charge in [0.1, 0.15) is 6.04 Å². The van der Waals surface area contributed by atoms with Crippen LogP contribution in [0.5, 0.6) is 0 Å². The number of unbranched alkanes of at least 4 members (excludes halogenated alkanes) is 3. The Morgan fingerprint density at radius 3 is 2.60 bits per heavy atom. The van der Waals surface area contributed by atoms with Crippen molar-refractivity contribution in [1.82, 2.24) is 15.5 Å². The summed E-state index contributed by atoms with van der Waals surface area (Å²) in [6.45, 7) is 0.765. The molecule has 0 bridgehead atoms. The first-order valence-corrected chi connectivity index (χ1v) is 10.2. The number of hydrogen-bond donors (Lipinski definition) is 3. The van der Waals surface area contributed by atoms with Crippen molar-refractivity contribution >= 4 is 29.5 Å². The number of hydrogen-bond acceptors (Lipinski definition) is 6. The molecule has 2 aliphatic rings. The van der Waals surface area contributed by atoms with Gasteiger partial charge >= 0.3 is 0 Å². The number of fused-ring (bicyclic) bond motifs is 1. The minimum absolute atomic E-state index is 0.0675. The van der Waals surface area contributed by atoms with Crippen molar-refractivity contribution < 1.29 is 24.0 Å². The summed E-state index contributed by atoms with van der Waals surface area (Å²) in [6.07, 6.45) is 4.18. The molecule has 2 heterocycles. The lowest BCUT2D eigenvalue weighted by atomic mass is 10.0. The van der Waals surface area contributed by atoms with Crippen molar-refractivity contribution in [2.24, 2.45) is 5.73 Å². The molecule has 0 aromatic heterocycles. The van der Waals surface area contributed by atoms with E-state index in [9.17, 15) is 24.0 Å². The molecule has 3 rings (SSSR count). The van der Waals surface area contributed by atoms with E-state index in [0.29, 0.717) is 18.5 Å². The van der Waals surface area contributed by atoms with Crippen LogP contribution in [-0.2, 0) is 20.9 Å². The fourth-order valence-electron chi connectivity index (χ4n) is 3.80. The summed E-state index contributed by atoms with van der Waals surface area (Å²) in [6, 6.07) is 3.85. The molecule has 1 aromatic carbocycles. The van der Waals surface area contributed by atoms with Crippen LogP contribution in [0.25, 0.3) is 0 Å². The van der Waals surface area contributed by atoms with E-state index >= 15 is 0 Å². The van der Waals surface area contributed by atoms with E-state index in [-0.39, 0.29) is 36.4 Å². The lowest BCUT2D eigenvalue weighted by molar-refractivity contribution is -0.136. The SMILES string of the molecule is NCCCCCCC(=O)NCc1cccc2c1C(=O)N(C1CCC(=O)NC1=O)C2=O. The molecule has 30 heavy (non-hydrogen) atoms. The molecule has 1 fully saturated rings. The van der Waals surface area contributed by atoms with Crippen molar-refractivity contribution in [3.63, 3.8) is 0 Å². The highest BCUT2D eigenvalue weighted by Crippen LogP contribution is 2.29. The summed E-state index contributed by atoms with van der Waals surface area (Å²) in [5.41, 5.74) is 6.38. The third-order valence-electron chi connectivity index (χ3n) is 5.39. The van der Waals surface area contributed by atoms with Gasteiger partial charge in [-0.3, -0.25) is 34.2 Å².